The molecule has 0 aromatic carbocycles. The maximum atomic E-state index is 12.5. The van der Waals surface area contributed by atoms with Crippen LogP contribution in [-0.2, 0) is 14.8 Å². The second-order valence-corrected chi connectivity index (χ2v) is 7.44. The van der Waals surface area contributed by atoms with Crippen LogP contribution in [-0.4, -0.2) is 54.2 Å². The normalized spacial score (nSPS) is 20.4. The SMILES string of the molecule is O=S(=O)(c1c[nH]c(-c2nc(C3CC3)no2)c1)N1CCOCC1. The first-order chi connectivity index (χ1) is 10.6. The molecule has 22 heavy (non-hydrogen) atoms. The fourth-order valence-corrected chi connectivity index (χ4v) is 3.84. The minimum absolute atomic E-state index is 0.204. The first-order valence-electron chi connectivity index (χ1n) is 7.25. The number of sulfonamides is 1. The Morgan fingerprint density at radius 2 is 2.05 bits per heavy atom. The van der Waals surface area contributed by atoms with E-state index in [1.807, 2.05) is 0 Å². The van der Waals surface area contributed by atoms with E-state index in [9.17, 15) is 8.42 Å². The highest BCUT2D eigenvalue weighted by molar-refractivity contribution is 7.89. The molecule has 2 fully saturated rings. The maximum Gasteiger partial charge on any atom is 0.274 e. The molecule has 2 aromatic rings. The number of nitrogens with zero attached hydrogens (tertiary/aromatic N) is 3. The Balaban J connectivity index is 1.59. The van der Waals surface area contributed by atoms with Gasteiger partial charge in [-0.15, -0.1) is 0 Å². The molecule has 2 aliphatic rings. The Labute approximate surface area is 127 Å². The molecule has 0 radical (unpaired) electrons. The molecule has 0 spiro atoms. The Morgan fingerprint density at radius 3 is 2.77 bits per heavy atom. The summed E-state index contributed by atoms with van der Waals surface area (Å²) < 4.78 is 36.9. The van der Waals surface area contributed by atoms with Gasteiger partial charge < -0.3 is 14.2 Å². The molecule has 0 amide bonds. The molecule has 0 bridgehead atoms. The molecule has 2 aromatic heterocycles. The summed E-state index contributed by atoms with van der Waals surface area (Å²) in [6.45, 7) is 1.58. The van der Waals surface area contributed by atoms with E-state index in [1.54, 1.807) is 0 Å². The molecule has 1 N–H and O–H groups in total. The zero-order valence-corrected chi connectivity index (χ0v) is 12.7. The van der Waals surface area contributed by atoms with Crippen LogP contribution in [0.2, 0.25) is 0 Å². The third-order valence-electron chi connectivity index (χ3n) is 3.88. The first kappa shape index (κ1) is 13.9. The van der Waals surface area contributed by atoms with E-state index in [1.165, 1.54) is 16.6 Å². The number of hydrogen-bond acceptors (Lipinski definition) is 6. The lowest BCUT2D eigenvalue weighted by Gasteiger charge is -2.25. The molecular weight excluding hydrogens is 308 g/mol. The maximum absolute atomic E-state index is 12.5. The molecule has 118 valence electrons. The lowest BCUT2D eigenvalue weighted by Crippen LogP contribution is -2.40. The summed E-state index contributed by atoms with van der Waals surface area (Å²) in [5.41, 5.74) is 0.520. The van der Waals surface area contributed by atoms with Gasteiger partial charge in [0, 0.05) is 25.2 Å². The predicted octanol–water partition coefficient (Wildman–Crippen LogP) is 0.963. The van der Waals surface area contributed by atoms with Crippen LogP contribution in [0.15, 0.2) is 21.7 Å². The molecule has 9 heteroatoms. The minimum atomic E-state index is -3.51. The van der Waals surface area contributed by atoms with E-state index < -0.39 is 10.0 Å². The van der Waals surface area contributed by atoms with Gasteiger partial charge in [0.05, 0.1) is 13.2 Å². The van der Waals surface area contributed by atoms with E-state index >= 15 is 0 Å². The summed E-state index contributed by atoms with van der Waals surface area (Å²) in [6, 6.07) is 1.54. The third kappa shape index (κ3) is 2.44. The zero-order valence-electron chi connectivity index (χ0n) is 11.9. The van der Waals surface area contributed by atoms with Crippen molar-refractivity contribution >= 4 is 10.0 Å². The van der Waals surface area contributed by atoms with Gasteiger partial charge in [-0.3, -0.25) is 0 Å². The van der Waals surface area contributed by atoms with E-state index in [-0.39, 0.29) is 4.90 Å². The summed E-state index contributed by atoms with van der Waals surface area (Å²) in [6.07, 6.45) is 3.63. The van der Waals surface area contributed by atoms with Crippen molar-refractivity contribution in [3.8, 4) is 11.6 Å². The third-order valence-corrected chi connectivity index (χ3v) is 5.76. The molecule has 1 saturated heterocycles. The largest absolute Gasteiger partial charge is 0.379 e. The van der Waals surface area contributed by atoms with Crippen LogP contribution in [0.25, 0.3) is 11.6 Å². The summed E-state index contributed by atoms with van der Waals surface area (Å²) in [5, 5.41) is 3.93. The molecule has 1 aliphatic heterocycles. The average Bonchev–Trinajstić information content (AvgIpc) is 3.06. The van der Waals surface area contributed by atoms with Gasteiger partial charge in [-0.05, 0) is 18.9 Å². The highest BCUT2D eigenvalue weighted by atomic mass is 32.2. The molecule has 0 atom stereocenters. The summed E-state index contributed by atoms with van der Waals surface area (Å²) in [5.74, 6) is 1.41. The van der Waals surface area contributed by atoms with Gasteiger partial charge in [0.15, 0.2) is 5.82 Å². The number of hydrogen-bond donors (Lipinski definition) is 1. The van der Waals surface area contributed by atoms with Gasteiger partial charge in [0.1, 0.15) is 10.6 Å². The standard InChI is InChI=1S/C13H16N4O4S/c18-22(19,17-3-5-20-6-4-17)10-7-11(14-8-10)13-15-12(16-21-13)9-1-2-9/h7-9,14H,1-6H2. The van der Waals surface area contributed by atoms with Gasteiger partial charge in [-0.25, -0.2) is 8.42 Å². The average molecular weight is 324 g/mol. The van der Waals surface area contributed by atoms with E-state index in [0.29, 0.717) is 49.6 Å². The molecular formula is C13H16N4O4S. The number of morpholine rings is 1. The number of ether oxygens (including phenoxy) is 1. The van der Waals surface area contributed by atoms with Crippen molar-refractivity contribution in [2.45, 2.75) is 23.7 Å². The van der Waals surface area contributed by atoms with Crippen molar-refractivity contribution in [3.05, 3.63) is 18.1 Å². The number of aromatic amines is 1. The number of nitrogens with one attached hydrogen (secondary N) is 1. The Kier molecular flexibility index (Phi) is 3.28. The molecule has 1 saturated carbocycles. The molecule has 1 aliphatic carbocycles. The van der Waals surface area contributed by atoms with Crippen molar-refractivity contribution in [3.63, 3.8) is 0 Å². The van der Waals surface area contributed by atoms with Crippen LogP contribution in [0.3, 0.4) is 0 Å². The summed E-state index contributed by atoms with van der Waals surface area (Å²) in [4.78, 5) is 7.42. The molecule has 3 heterocycles. The van der Waals surface area contributed by atoms with Crippen molar-refractivity contribution in [1.82, 2.24) is 19.4 Å². The van der Waals surface area contributed by atoms with Crippen LogP contribution < -0.4 is 0 Å². The highest BCUT2D eigenvalue weighted by Gasteiger charge is 2.30. The monoisotopic (exact) mass is 324 g/mol. The summed E-state index contributed by atoms with van der Waals surface area (Å²) >= 11 is 0. The summed E-state index contributed by atoms with van der Waals surface area (Å²) in [7, 11) is -3.51. The molecule has 0 unspecified atom stereocenters. The fraction of sp³-hybridized carbons (Fsp3) is 0.538. The number of aromatic nitrogens is 3. The smallest absolute Gasteiger partial charge is 0.274 e. The van der Waals surface area contributed by atoms with Gasteiger partial charge in [0.2, 0.25) is 10.0 Å². The lowest BCUT2D eigenvalue weighted by atomic mass is 10.4. The first-order valence-corrected chi connectivity index (χ1v) is 8.69. The second-order valence-electron chi connectivity index (χ2n) is 5.50. The Morgan fingerprint density at radius 1 is 1.27 bits per heavy atom. The van der Waals surface area contributed by atoms with Crippen molar-refractivity contribution in [1.29, 1.82) is 0 Å². The van der Waals surface area contributed by atoms with Crippen LogP contribution in [0.4, 0.5) is 0 Å². The Hall–Kier alpha value is -1.71. The Bertz CT molecular complexity index is 772. The van der Waals surface area contributed by atoms with Crippen LogP contribution in [0.5, 0.6) is 0 Å². The van der Waals surface area contributed by atoms with Crippen LogP contribution >= 0.6 is 0 Å². The van der Waals surface area contributed by atoms with Gasteiger partial charge in [-0.1, -0.05) is 5.16 Å². The zero-order chi connectivity index (χ0) is 15.2. The highest BCUT2D eigenvalue weighted by Crippen LogP contribution is 2.38. The topological polar surface area (TPSA) is 101 Å². The quantitative estimate of drug-likeness (QED) is 0.899. The van der Waals surface area contributed by atoms with E-state index in [4.69, 9.17) is 9.26 Å². The number of rotatable bonds is 4. The van der Waals surface area contributed by atoms with Crippen molar-refractivity contribution in [2.75, 3.05) is 26.3 Å². The second kappa shape index (κ2) is 5.18. The van der Waals surface area contributed by atoms with Crippen molar-refractivity contribution in [2.24, 2.45) is 0 Å². The minimum Gasteiger partial charge on any atom is -0.379 e. The fourth-order valence-electron chi connectivity index (χ4n) is 2.43. The van der Waals surface area contributed by atoms with Crippen LogP contribution in [0, 0.1) is 0 Å². The lowest BCUT2D eigenvalue weighted by molar-refractivity contribution is 0.0730. The van der Waals surface area contributed by atoms with Crippen LogP contribution in [0.1, 0.15) is 24.6 Å². The van der Waals surface area contributed by atoms with Gasteiger partial charge >= 0.3 is 0 Å². The molecule has 4 rings (SSSR count). The number of H-pyrrole nitrogens is 1. The molecule has 8 nitrogen and oxygen atoms in total. The van der Waals surface area contributed by atoms with Gasteiger partial charge in [0.25, 0.3) is 5.89 Å². The predicted molar refractivity (Wildman–Crippen MR) is 75.6 cm³/mol. The van der Waals surface area contributed by atoms with E-state index in [0.717, 1.165) is 12.8 Å². The van der Waals surface area contributed by atoms with E-state index in [2.05, 4.69) is 15.1 Å². The van der Waals surface area contributed by atoms with Gasteiger partial charge in [-0.2, -0.15) is 9.29 Å². The van der Waals surface area contributed by atoms with Crippen molar-refractivity contribution < 1.29 is 17.7 Å².